The molecule has 0 spiro atoms. The van der Waals surface area contributed by atoms with Crippen molar-refractivity contribution >= 4 is 12.1 Å². The van der Waals surface area contributed by atoms with Gasteiger partial charge in [-0.3, -0.25) is 0 Å². The molecule has 5 heteroatoms. The topological polar surface area (TPSA) is 52.7 Å². The first-order chi connectivity index (χ1) is 7.70. The number of hydrogen-bond acceptors (Lipinski definition) is 2. The third kappa shape index (κ3) is 2.13. The van der Waals surface area contributed by atoms with Gasteiger partial charge in [0, 0.05) is 26.2 Å². The quantitative estimate of drug-likeness (QED) is 0.733. The van der Waals surface area contributed by atoms with Crippen molar-refractivity contribution in [2.45, 2.75) is 38.1 Å². The van der Waals surface area contributed by atoms with Gasteiger partial charge in [0.1, 0.15) is 0 Å². The molecule has 0 unspecified atom stereocenters. The van der Waals surface area contributed by atoms with E-state index in [-0.39, 0.29) is 12.1 Å². The summed E-state index contributed by atoms with van der Waals surface area (Å²) in [5.41, 5.74) is 0. The molecular formula is C11H19N3O2. The highest BCUT2D eigenvalue weighted by Crippen LogP contribution is 2.22. The van der Waals surface area contributed by atoms with E-state index in [1.807, 2.05) is 7.05 Å². The lowest BCUT2D eigenvalue weighted by molar-refractivity contribution is 0.146. The van der Waals surface area contributed by atoms with E-state index in [9.17, 15) is 9.59 Å². The Hall–Kier alpha value is -1.26. The van der Waals surface area contributed by atoms with E-state index < -0.39 is 0 Å². The zero-order valence-corrected chi connectivity index (χ0v) is 9.74. The average molecular weight is 225 g/mol. The maximum absolute atomic E-state index is 12.0. The monoisotopic (exact) mass is 225 g/mol. The summed E-state index contributed by atoms with van der Waals surface area (Å²) in [6.07, 6.45) is 5.78. The van der Waals surface area contributed by atoms with Crippen LogP contribution in [0, 0.1) is 0 Å². The van der Waals surface area contributed by atoms with E-state index in [0.29, 0.717) is 19.1 Å². The number of carbonyl (C=O) groups is 2. The summed E-state index contributed by atoms with van der Waals surface area (Å²) in [7, 11) is 1.81. The van der Waals surface area contributed by atoms with Crippen LogP contribution in [-0.2, 0) is 0 Å². The molecule has 4 amide bonds. The van der Waals surface area contributed by atoms with Crippen molar-refractivity contribution in [2.24, 2.45) is 0 Å². The van der Waals surface area contributed by atoms with Gasteiger partial charge in [-0.15, -0.1) is 0 Å². The van der Waals surface area contributed by atoms with E-state index in [0.717, 1.165) is 12.8 Å². The lowest BCUT2D eigenvalue weighted by atomic mass is 9.95. The number of carbonyl (C=O) groups excluding carboxylic acids is 2. The summed E-state index contributed by atoms with van der Waals surface area (Å²) in [6.45, 7) is 1.07. The van der Waals surface area contributed by atoms with Crippen molar-refractivity contribution < 1.29 is 9.59 Å². The minimum atomic E-state index is -0.257. The molecule has 1 aliphatic heterocycles. The molecule has 2 fully saturated rings. The van der Waals surface area contributed by atoms with Crippen LogP contribution in [-0.4, -0.2) is 48.0 Å². The van der Waals surface area contributed by atoms with Gasteiger partial charge in [0.25, 0.3) is 0 Å². The smallest absolute Gasteiger partial charge is 0.328 e. The van der Waals surface area contributed by atoms with Gasteiger partial charge in [-0.05, 0) is 12.8 Å². The van der Waals surface area contributed by atoms with E-state index in [2.05, 4.69) is 5.32 Å². The SMILES string of the molecule is CN(C(=O)N1CCNC1=O)C1CCCCC1. The van der Waals surface area contributed by atoms with Crippen molar-refractivity contribution in [3.05, 3.63) is 0 Å². The Balaban J connectivity index is 1.95. The van der Waals surface area contributed by atoms with Crippen LogP contribution in [0.25, 0.3) is 0 Å². The normalized spacial score (nSPS) is 22.1. The Morgan fingerprint density at radius 2 is 2.06 bits per heavy atom. The molecule has 0 aromatic rings. The predicted octanol–water partition coefficient (Wildman–Crippen LogP) is 1.40. The summed E-state index contributed by atoms with van der Waals surface area (Å²) >= 11 is 0. The number of hydrogen-bond donors (Lipinski definition) is 1. The molecule has 0 atom stereocenters. The van der Waals surface area contributed by atoms with E-state index in [1.54, 1.807) is 4.90 Å². The van der Waals surface area contributed by atoms with Crippen molar-refractivity contribution in [1.82, 2.24) is 15.1 Å². The average Bonchev–Trinajstić information content (AvgIpc) is 2.75. The summed E-state index contributed by atoms with van der Waals surface area (Å²) in [4.78, 5) is 26.5. The van der Waals surface area contributed by atoms with Crippen LogP contribution in [0.3, 0.4) is 0 Å². The molecule has 0 aromatic carbocycles. The predicted molar refractivity (Wildman–Crippen MR) is 60.1 cm³/mol. The lowest BCUT2D eigenvalue weighted by Crippen LogP contribution is -2.47. The fraction of sp³-hybridized carbons (Fsp3) is 0.818. The number of urea groups is 2. The molecule has 1 N–H and O–H groups in total. The third-order valence-corrected chi connectivity index (χ3v) is 3.51. The van der Waals surface area contributed by atoms with Crippen molar-refractivity contribution in [1.29, 1.82) is 0 Å². The second-order valence-corrected chi connectivity index (χ2v) is 4.57. The zero-order valence-electron chi connectivity index (χ0n) is 9.74. The zero-order chi connectivity index (χ0) is 11.5. The van der Waals surface area contributed by atoms with Gasteiger partial charge in [-0.1, -0.05) is 19.3 Å². The first kappa shape index (κ1) is 11.2. The van der Waals surface area contributed by atoms with Crippen LogP contribution in [0.2, 0.25) is 0 Å². The van der Waals surface area contributed by atoms with E-state index in [4.69, 9.17) is 0 Å². The molecule has 1 saturated heterocycles. The van der Waals surface area contributed by atoms with Gasteiger partial charge < -0.3 is 10.2 Å². The van der Waals surface area contributed by atoms with Gasteiger partial charge in [0.2, 0.25) is 0 Å². The van der Waals surface area contributed by atoms with Gasteiger partial charge in [-0.25, -0.2) is 14.5 Å². The number of nitrogens with zero attached hydrogens (tertiary/aromatic N) is 2. The van der Waals surface area contributed by atoms with Gasteiger partial charge >= 0.3 is 12.1 Å². The van der Waals surface area contributed by atoms with Crippen molar-refractivity contribution in [3.8, 4) is 0 Å². The van der Waals surface area contributed by atoms with Crippen LogP contribution in [0.5, 0.6) is 0 Å². The number of imide groups is 1. The third-order valence-electron chi connectivity index (χ3n) is 3.51. The largest absolute Gasteiger partial charge is 0.336 e. The van der Waals surface area contributed by atoms with Crippen molar-refractivity contribution in [2.75, 3.05) is 20.1 Å². The Morgan fingerprint density at radius 3 is 2.62 bits per heavy atom. The molecule has 1 heterocycles. The first-order valence-electron chi connectivity index (χ1n) is 6.02. The fourth-order valence-electron chi connectivity index (χ4n) is 2.47. The van der Waals surface area contributed by atoms with Gasteiger partial charge in [0.15, 0.2) is 0 Å². The number of rotatable bonds is 1. The highest BCUT2D eigenvalue weighted by Gasteiger charge is 2.31. The van der Waals surface area contributed by atoms with Crippen LogP contribution >= 0.6 is 0 Å². The molecule has 2 aliphatic rings. The Bertz CT molecular complexity index is 287. The van der Waals surface area contributed by atoms with Crippen LogP contribution < -0.4 is 5.32 Å². The molecule has 2 rings (SSSR count). The van der Waals surface area contributed by atoms with Gasteiger partial charge in [-0.2, -0.15) is 0 Å². The summed E-state index contributed by atoms with van der Waals surface area (Å²) < 4.78 is 0. The molecular weight excluding hydrogens is 206 g/mol. The highest BCUT2D eigenvalue weighted by molar-refractivity contribution is 5.94. The molecule has 90 valence electrons. The van der Waals surface area contributed by atoms with E-state index in [1.165, 1.54) is 24.2 Å². The second-order valence-electron chi connectivity index (χ2n) is 4.57. The highest BCUT2D eigenvalue weighted by atomic mass is 16.2. The molecule has 0 radical (unpaired) electrons. The fourth-order valence-corrected chi connectivity index (χ4v) is 2.47. The van der Waals surface area contributed by atoms with Crippen LogP contribution in [0.1, 0.15) is 32.1 Å². The summed E-state index contributed by atoms with van der Waals surface area (Å²) in [5.74, 6) is 0. The molecule has 0 aromatic heterocycles. The first-order valence-corrected chi connectivity index (χ1v) is 6.02. The molecule has 16 heavy (non-hydrogen) atoms. The van der Waals surface area contributed by atoms with Crippen molar-refractivity contribution in [3.63, 3.8) is 0 Å². The Morgan fingerprint density at radius 1 is 1.38 bits per heavy atom. The second kappa shape index (κ2) is 4.72. The Labute approximate surface area is 95.8 Å². The number of nitrogens with one attached hydrogen (secondary N) is 1. The molecule has 1 saturated carbocycles. The Kier molecular flexibility index (Phi) is 3.31. The molecule has 0 bridgehead atoms. The maximum atomic E-state index is 12.0. The number of amides is 4. The lowest BCUT2D eigenvalue weighted by Gasteiger charge is -2.33. The van der Waals surface area contributed by atoms with Crippen LogP contribution in [0.15, 0.2) is 0 Å². The summed E-state index contributed by atoms with van der Waals surface area (Å²) in [5, 5.41) is 2.65. The van der Waals surface area contributed by atoms with Crippen LogP contribution in [0.4, 0.5) is 9.59 Å². The minimum Gasteiger partial charge on any atom is -0.336 e. The standard InChI is InChI=1S/C11H19N3O2/c1-13(9-5-3-2-4-6-9)11(16)14-8-7-12-10(14)15/h9H,2-8H2,1H3,(H,12,15). The van der Waals surface area contributed by atoms with E-state index >= 15 is 0 Å². The van der Waals surface area contributed by atoms with Gasteiger partial charge in [0.05, 0.1) is 0 Å². The molecule has 5 nitrogen and oxygen atoms in total. The maximum Gasteiger partial charge on any atom is 0.328 e. The summed E-state index contributed by atoms with van der Waals surface area (Å²) in [6, 6.07) is -0.0933. The minimum absolute atomic E-state index is 0.151. The molecule has 1 aliphatic carbocycles.